The fraction of sp³-hybridized carbons (Fsp3) is 0.524. The lowest BCUT2D eigenvalue weighted by atomic mass is 9.81. The lowest BCUT2D eigenvalue weighted by Crippen LogP contribution is -2.41. The molecule has 1 N–H and O–H groups in total. The molecule has 1 fully saturated rings. The number of amides is 1. The Labute approximate surface area is 160 Å². The van der Waals surface area contributed by atoms with Gasteiger partial charge in [0.1, 0.15) is 0 Å². The van der Waals surface area contributed by atoms with Gasteiger partial charge in [0.05, 0.1) is 5.69 Å². The summed E-state index contributed by atoms with van der Waals surface area (Å²) in [6.45, 7) is 13.3. The number of aromatic nitrogens is 3. The molecule has 6 nitrogen and oxygen atoms in total. The van der Waals surface area contributed by atoms with Crippen LogP contribution in [0.2, 0.25) is 0 Å². The van der Waals surface area contributed by atoms with Gasteiger partial charge in [-0.25, -0.2) is 0 Å². The molecule has 0 aliphatic carbocycles. The van der Waals surface area contributed by atoms with Crippen molar-refractivity contribution in [3.05, 3.63) is 44.8 Å². The van der Waals surface area contributed by atoms with E-state index in [1.165, 1.54) is 16.7 Å². The first-order valence-corrected chi connectivity index (χ1v) is 9.51. The van der Waals surface area contributed by atoms with Gasteiger partial charge < -0.3 is 4.90 Å². The molecule has 6 heteroatoms. The first kappa shape index (κ1) is 19.3. The second-order valence-corrected chi connectivity index (χ2v) is 7.69. The Kier molecular flexibility index (Phi) is 5.18. The maximum atomic E-state index is 13.3. The minimum Gasteiger partial charge on any atom is -0.337 e. The zero-order valence-corrected chi connectivity index (χ0v) is 17.1. The van der Waals surface area contributed by atoms with Crippen LogP contribution in [0.5, 0.6) is 0 Å². The average molecular weight is 368 g/mol. The number of ketones is 1. The smallest absolute Gasteiger partial charge is 0.276 e. The monoisotopic (exact) mass is 368 g/mol. The molecule has 2 heterocycles. The largest absolute Gasteiger partial charge is 0.337 e. The van der Waals surface area contributed by atoms with Crippen molar-refractivity contribution < 1.29 is 9.59 Å². The number of aromatic amines is 1. The Balaban J connectivity index is 1.77. The summed E-state index contributed by atoms with van der Waals surface area (Å²) in [5.74, 6) is 0.0776. The van der Waals surface area contributed by atoms with Gasteiger partial charge in [-0.15, -0.1) is 0 Å². The standard InChI is InChI=1S/C21H28N4O2/c1-11-12(2)14(4)18(15(5)13(11)3)20(26)17-7-9-25(10-8-17)21(27)19-16(6)22-24-23-19/h17H,7-10H2,1-6H3,(H,22,23,24). The van der Waals surface area contributed by atoms with Crippen LogP contribution in [0.25, 0.3) is 0 Å². The van der Waals surface area contributed by atoms with Crippen molar-refractivity contribution in [1.29, 1.82) is 0 Å². The molecule has 2 aromatic rings. The molecule has 0 radical (unpaired) electrons. The number of rotatable bonds is 3. The summed E-state index contributed by atoms with van der Waals surface area (Å²) in [6, 6.07) is 0. The quantitative estimate of drug-likeness (QED) is 0.842. The molecule has 27 heavy (non-hydrogen) atoms. The Morgan fingerprint density at radius 1 is 0.852 bits per heavy atom. The lowest BCUT2D eigenvalue weighted by Gasteiger charge is -2.31. The molecule has 0 spiro atoms. The summed E-state index contributed by atoms with van der Waals surface area (Å²) in [4.78, 5) is 27.6. The summed E-state index contributed by atoms with van der Waals surface area (Å²) >= 11 is 0. The van der Waals surface area contributed by atoms with Gasteiger partial charge in [-0.2, -0.15) is 15.4 Å². The highest BCUT2D eigenvalue weighted by molar-refractivity contribution is 6.01. The Morgan fingerprint density at radius 3 is 1.85 bits per heavy atom. The molecule has 1 saturated heterocycles. The number of likely N-dealkylation sites (tertiary alicyclic amines) is 1. The number of hydrogen-bond acceptors (Lipinski definition) is 4. The number of carbonyl (C=O) groups excluding carboxylic acids is 2. The first-order valence-electron chi connectivity index (χ1n) is 9.51. The molecule has 0 atom stereocenters. The van der Waals surface area contributed by atoms with Crippen molar-refractivity contribution >= 4 is 11.7 Å². The fourth-order valence-corrected chi connectivity index (χ4v) is 4.05. The number of piperidine rings is 1. The Bertz CT molecular complexity index is 876. The average Bonchev–Trinajstić information content (AvgIpc) is 3.10. The van der Waals surface area contributed by atoms with Crippen LogP contribution in [0.1, 0.15) is 67.2 Å². The number of nitrogens with one attached hydrogen (secondary N) is 1. The highest BCUT2D eigenvalue weighted by Crippen LogP contribution is 2.31. The molecule has 0 unspecified atom stereocenters. The van der Waals surface area contributed by atoms with E-state index in [1.807, 2.05) is 13.8 Å². The van der Waals surface area contributed by atoms with Gasteiger partial charge in [0.15, 0.2) is 11.5 Å². The molecule has 1 amide bonds. The second kappa shape index (κ2) is 7.25. The predicted octanol–water partition coefficient (Wildman–Crippen LogP) is 3.39. The van der Waals surface area contributed by atoms with E-state index in [9.17, 15) is 9.59 Å². The van der Waals surface area contributed by atoms with Crippen LogP contribution in [-0.4, -0.2) is 45.1 Å². The molecule has 1 aliphatic heterocycles. The maximum Gasteiger partial charge on any atom is 0.276 e. The van der Waals surface area contributed by atoms with E-state index in [2.05, 4.69) is 36.2 Å². The van der Waals surface area contributed by atoms with Gasteiger partial charge in [-0.1, -0.05) is 0 Å². The molecular weight excluding hydrogens is 340 g/mol. The summed E-state index contributed by atoms with van der Waals surface area (Å²) in [5, 5.41) is 10.4. The highest BCUT2D eigenvalue weighted by Gasteiger charge is 2.31. The number of nitrogens with zero attached hydrogens (tertiary/aromatic N) is 3. The van der Waals surface area contributed by atoms with Gasteiger partial charge in [-0.05, 0) is 82.2 Å². The van der Waals surface area contributed by atoms with E-state index in [0.717, 1.165) is 16.7 Å². The van der Waals surface area contributed by atoms with Crippen LogP contribution in [0.3, 0.4) is 0 Å². The molecule has 0 bridgehead atoms. The van der Waals surface area contributed by atoms with E-state index in [1.54, 1.807) is 11.8 Å². The number of carbonyl (C=O) groups is 2. The van der Waals surface area contributed by atoms with Gasteiger partial charge in [0.25, 0.3) is 5.91 Å². The van der Waals surface area contributed by atoms with E-state index in [0.29, 0.717) is 37.3 Å². The number of Topliss-reactive ketones (excluding diaryl/α,β-unsaturated/α-hetero) is 1. The van der Waals surface area contributed by atoms with Crippen LogP contribution in [0.15, 0.2) is 0 Å². The van der Waals surface area contributed by atoms with Gasteiger partial charge in [-0.3, -0.25) is 9.59 Å². The predicted molar refractivity (Wildman–Crippen MR) is 104 cm³/mol. The van der Waals surface area contributed by atoms with Gasteiger partial charge >= 0.3 is 0 Å². The van der Waals surface area contributed by atoms with Crippen LogP contribution in [0.4, 0.5) is 0 Å². The highest BCUT2D eigenvalue weighted by atomic mass is 16.2. The number of hydrogen-bond donors (Lipinski definition) is 1. The molecule has 1 aromatic carbocycles. The normalized spacial score (nSPS) is 15.3. The summed E-state index contributed by atoms with van der Waals surface area (Å²) in [6.07, 6.45) is 1.37. The minimum atomic E-state index is -0.110. The Hall–Kier alpha value is -2.50. The van der Waals surface area contributed by atoms with E-state index < -0.39 is 0 Å². The van der Waals surface area contributed by atoms with Crippen LogP contribution < -0.4 is 0 Å². The van der Waals surface area contributed by atoms with Crippen molar-refractivity contribution in [3.63, 3.8) is 0 Å². The molecule has 1 aromatic heterocycles. The summed E-state index contributed by atoms with van der Waals surface area (Å²) in [5.41, 5.74) is 7.73. The zero-order valence-electron chi connectivity index (χ0n) is 17.1. The molecule has 1 aliphatic rings. The topological polar surface area (TPSA) is 79.0 Å². The van der Waals surface area contributed by atoms with Crippen LogP contribution in [0, 0.1) is 47.5 Å². The van der Waals surface area contributed by atoms with Crippen molar-refractivity contribution in [2.24, 2.45) is 5.92 Å². The fourth-order valence-electron chi connectivity index (χ4n) is 4.05. The number of aryl methyl sites for hydroxylation is 1. The van der Waals surface area contributed by atoms with E-state index in [4.69, 9.17) is 0 Å². The summed E-state index contributed by atoms with van der Waals surface area (Å²) in [7, 11) is 0. The minimum absolute atomic E-state index is 0.0358. The molecule has 0 saturated carbocycles. The molecule has 3 rings (SSSR count). The van der Waals surface area contributed by atoms with Crippen LogP contribution >= 0.6 is 0 Å². The third kappa shape index (κ3) is 3.29. The van der Waals surface area contributed by atoms with Crippen molar-refractivity contribution in [3.8, 4) is 0 Å². The van der Waals surface area contributed by atoms with Gasteiger partial charge in [0.2, 0.25) is 0 Å². The van der Waals surface area contributed by atoms with Crippen molar-refractivity contribution in [2.45, 2.75) is 54.4 Å². The van der Waals surface area contributed by atoms with E-state index >= 15 is 0 Å². The SMILES string of the molecule is Cc1n[nH]nc1C(=O)N1CCC(C(=O)c2c(C)c(C)c(C)c(C)c2C)CC1. The molecular formula is C21H28N4O2. The second-order valence-electron chi connectivity index (χ2n) is 7.69. The third-order valence-electron chi connectivity index (χ3n) is 6.32. The van der Waals surface area contributed by atoms with Crippen LogP contribution in [-0.2, 0) is 0 Å². The zero-order chi connectivity index (χ0) is 19.9. The number of benzene rings is 1. The molecule has 144 valence electrons. The van der Waals surface area contributed by atoms with E-state index in [-0.39, 0.29) is 17.6 Å². The third-order valence-corrected chi connectivity index (χ3v) is 6.32. The van der Waals surface area contributed by atoms with Crippen molar-refractivity contribution in [2.75, 3.05) is 13.1 Å². The van der Waals surface area contributed by atoms with Gasteiger partial charge in [0, 0.05) is 24.6 Å². The number of H-pyrrole nitrogens is 1. The maximum absolute atomic E-state index is 13.3. The van der Waals surface area contributed by atoms with Crippen molar-refractivity contribution in [1.82, 2.24) is 20.3 Å². The lowest BCUT2D eigenvalue weighted by molar-refractivity contribution is 0.0644. The summed E-state index contributed by atoms with van der Waals surface area (Å²) < 4.78 is 0. The first-order chi connectivity index (χ1) is 12.7. The Morgan fingerprint density at radius 2 is 1.37 bits per heavy atom.